The minimum Gasteiger partial charge on any atom is -0.491 e. The van der Waals surface area contributed by atoms with Crippen molar-refractivity contribution in [2.24, 2.45) is 17.1 Å². The van der Waals surface area contributed by atoms with Crippen LogP contribution in [-0.4, -0.2) is 6.10 Å². The van der Waals surface area contributed by atoms with Crippen molar-refractivity contribution in [2.75, 3.05) is 0 Å². The molecule has 1 saturated carbocycles. The molecule has 0 amide bonds. The Hall–Kier alpha value is -1.02. The second-order valence-electron chi connectivity index (χ2n) is 7.38. The first kappa shape index (κ1) is 16.4. The van der Waals surface area contributed by atoms with Crippen molar-refractivity contribution >= 4 is 0 Å². The predicted molar refractivity (Wildman–Crippen MR) is 89.5 cm³/mol. The molecule has 1 aromatic rings. The third-order valence-electron chi connectivity index (χ3n) is 4.68. The summed E-state index contributed by atoms with van der Waals surface area (Å²) in [5, 5.41) is 0. The van der Waals surface area contributed by atoms with E-state index in [1.807, 2.05) is 0 Å². The number of nitrogens with two attached hydrogens (primary N) is 1. The summed E-state index contributed by atoms with van der Waals surface area (Å²) in [7, 11) is 0. The van der Waals surface area contributed by atoms with Crippen molar-refractivity contribution in [3.63, 3.8) is 0 Å². The Kier molecular flexibility index (Phi) is 5.32. The highest BCUT2D eigenvalue weighted by atomic mass is 16.5. The topological polar surface area (TPSA) is 35.2 Å². The van der Waals surface area contributed by atoms with Gasteiger partial charge in [-0.3, -0.25) is 0 Å². The monoisotopic (exact) mass is 289 g/mol. The van der Waals surface area contributed by atoms with Gasteiger partial charge in [0.2, 0.25) is 0 Å². The molecule has 118 valence electrons. The number of hydrogen-bond donors (Lipinski definition) is 1. The predicted octanol–water partition coefficient (Wildman–Crippen LogP) is 5.08. The van der Waals surface area contributed by atoms with Crippen LogP contribution in [0.15, 0.2) is 24.3 Å². The van der Waals surface area contributed by atoms with Crippen molar-refractivity contribution < 1.29 is 4.74 Å². The van der Waals surface area contributed by atoms with Gasteiger partial charge in [0, 0.05) is 6.04 Å². The lowest BCUT2D eigenvalue weighted by atomic mass is 9.71. The summed E-state index contributed by atoms with van der Waals surface area (Å²) in [6, 6.07) is 8.59. The van der Waals surface area contributed by atoms with Gasteiger partial charge in [-0.2, -0.15) is 0 Å². The summed E-state index contributed by atoms with van der Waals surface area (Å²) in [5.41, 5.74) is 8.25. The van der Waals surface area contributed by atoms with Gasteiger partial charge in [-0.05, 0) is 62.1 Å². The van der Waals surface area contributed by atoms with Crippen molar-refractivity contribution in [2.45, 2.75) is 71.9 Å². The molecule has 0 saturated heterocycles. The highest BCUT2D eigenvalue weighted by molar-refractivity contribution is 5.30. The summed E-state index contributed by atoms with van der Waals surface area (Å²) in [6.07, 6.45) is 6.65. The molecular formula is C19H31NO. The van der Waals surface area contributed by atoms with E-state index in [2.05, 4.69) is 52.0 Å². The fourth-order valence-corrected chi connectivity index (χ4v) is 3.91. The Morgan fingerprint density at radius 2 is 1.62 bits per heavy atom. The van der Waals surface area contributed by atoms with Gasteiger partial charge in [0.05, 0.1) is 6.10 Å². The van der Waals surface area contributed by atoms with Crippen LogP contribution in [-0.2, 0) is 0 Å². The molecule has 0 bridgehead atoms. The molecule has 1 aliphatic rings. The molecule has 2 rings (SSSR count). The molecule has 21 heavy (non-hydrogen) atoms. The fourth-order valence-electron chi connectivity index (χ4n) is 3.91. The molecule has 0 radical (unpaired) electrons. The number of hydrogen-bond acceptors (Lipinski definition) is 2. The van der Waals surface area contributed by atoms with Crippen molar-refractivity contribution in [3.05, 3.63) is 29.8 Å². The lowest BCUT2D eigenvalue weighted by Gasteiger charge is -2.37. The molecule has 2 nitrogen and oxygen atoms in total. The Labute approximate surface area is 130 Å². The van der Waals surface area contributed by atoms with Crippen LogP contribution in [0.5, 0.6) is 5.75 Å². The lowest BCUT2D eigenvalue weighted by Crippen LogP contribution is -2.33. The molecule has 0 aromatic heterocycles. The summed E-state index contributed by atoms with van der Waals surface area (Å²) in [4.78, 5) is 0. The Morgan fingerprint density at radius 1 is 1.05 bits per heavy atom. The van der Waals surface area contributed by atoms with Gasteiger partial charge in [0.25, 0.3) is 0 Å². The smallest absolute Gasteiger partial charge is 0.119 e. The van der Waals surface area contributed by atoms with E-state index in [4.69, 9.17) is 10.5 Å². The first-order valence-corrected chi connectivity index (χ1v) is 8.45. The molecule has 2 heteroatoms. The second kappa shape index (κ2) is 6.83. The van der Waals surface area contributed by atoms with E-state index in [0.29, 0.717) is 11.3 Å². The first-order chi connectivity index (χ1) is 9.93. The normalized spacial score (nSPS) is 19.2. The van der Waals surface area contributed by atoms with Gasteiger partial charge in [-0.15, -0.1) is 0 Å². The van der Waals surface area contributed by atoms with Crippen LogP contribution in [0, 0.1) is 11.3 Å². The average molecular weight is 289 g/mol. The average Bonchev–Trinajstić information content (AvgIpc) is 2.87. The summed E-state index contributed by atoms with van der Waals surface area (Å²) in [6.45, 7) is 8.73. The van der Waals surface area contributed by atoms with E-state index in [1.54, 1.807) is 0 Å². The van der Waals surface area contributed by atoms with Gasteiger partial charge in [-0.1, -0.05) is 38.8 Å². The van der Waals surface area contributed by atoms with Gasteiger partial charge in [0.1, 0.15) is 5.75 Å². The third kappa shape index (κ3) is 4.00. The quantitative estimate of drug-likeness (QED) is 0.792. The van der Waals surface area contributed by atoms with Crippen molar-refractivity contribution in [3.8, 4) is 5.75 Å². The molecule has 1 aromatic carbocycles. The largest absolute Gasteiger partial charge is 0.491 e. The zero-order chi connectivity index (χ0) is 15.5. The first-order valence-electron chi connectivity index (χ1n) is 8.45. The fraction of sp³-hybridized carbons (Fsp3) is 0.684. The zero-order valence-corrected chi connectivity index (χ0v) is 14.1. The van der Waals surface area contributed by atoms with Crippen LogP contribution in [0.3, 0.4) is 0 Å². The minimum absolute atomic E-state index is 0.149. The Balaban J connectivity index is 2.15. The summed E-state index contributed by atoms with van der Waals surface area (Å²) >= 11 is 0. The van der Waals surface area contributed by atoms with E-state index in [-0.39, 0.29) is 12.1 Å². The maximum absolute atomic E-state index is 6.69. The van der Waals surface area contributed by atoms with Crippen LogP contribution in [0.1, 0.15) is 71.4 Å². The Morgan fingerprint density at radius 3 is 2.10 bits per heavy atom. The van der Waals surface area contributed by atoms with Gasteiger partial charge < -0.3 is 10.5 Å². The molecule has 1 unspecified atom stereocenters. The molecule has 1 aliphatic carbocycles. The third-order valence-corrected chi connectivity index (χ3v) is 4.68. The minimum atomic E-state index is 0.149. The maximum atomic E-state index is 6.69. The number of rotatable bonds is 6. The van der Waals surface area contributed by atoms with E-state index >= 15 is 0 Å². The second-order valence-corrected chi connectivity index (χ2v) is 7.38. The Bertz CT molecular complexity index is 429. The van der Waals surface area contributed by atoms with E-state index < -0.39 is 0 Å². The van der Waals surface area contributed by atoms with Gasteiger partial charge in [-0.25, -0.2) is 0 Å². The van der Waals surface area contributed by atoms with Crippen LogP contribution >= 0.6 is 0 Å². The van der Waals surface area contributed by atoms with Crippen LogP contribution < -0.4 is 10.5 Å². The van der Waals surface area contributed by atoms with E-state index in [1.165, 1.54) is 37.7 Å². The SMILES string of the molecule is CC(C)CC1(C(N)c2ccc(OC(C)C)cc2)CCCC1. The highest BCUT2D eigenvalue weighted by Gasteiger charge is 2.40. The van der Waals surface area contributed by atoms with Crippen molar-refractivity contribution in [1.82, 2.24) is 0 Å². The zero-order valence-electron chi connectivity index (χ0n) is 14.1. The summed E-state index contributed by atoms with van der Waals surface area (Å²) in [5.74, 6) is 1.64. The van der Waals surface area contributed by atoms with Crippen LogP contribution in [0.2, 0.25) is 0 Å². The molecule has 0 heterocycles. The molecular weight excluding hydrogens is 258 g/mol. The van der Waals surface area contributed by atoms with Crippen LogP contribution in [0.4, 0.5) is 0 Å². The maximum Gasteiger partial charge on any atom is 0.119 e. The molecule has 1 fully saturated rings. The molecule has 0 aliphatic heterocycles. The van der Waals surface area contributed by atoms with Gasteiger partial charge >= 0.3 is 0 Å². The standard InChI is InChI=1S/C19H31NO/c1-14(2)13-19(11-5-6-12-19)18(20)16-7-9-17(10-8-16)21-15(3)4/h7-10,14-15,18H,5-6,11-13,20H2,1-4H3. The van der Waals surface area contributed by atoms with E-state index in [0.717, 1.165) is 5.75 Å². The molecule has 1 atom stereocenters. The highest BCUT2D eigenvalue weighted by Crippen LogP contribution is 2.50. The molecule has 0 spiro atoms. The lowest BCUT2D eigenvalue weighted by molar-refractivity contribution is 0.183. The van der Waals surface area contributed by atoms with Crippen molar-refractivity contribution in [1.29, 1.82) is 0 Å². The number of ether oxygens (including phenoxy) is 1. The van der Waals surface area contributed by atoms with Crippen LogP contribution in [0.25, 0.3) is 0 Å². The van der Waals surface area contributed by atoms with Gasteiger partial charge in [0.15, 0.2) is 0 Å². The summed E-state index contributed by atoms with van der Waals surface area (Å²) < 4.78 is 5.72. The molecule has 2 N–H and O–H groups in total. The van der Waals surface area contributed by atoms with E-state index in [9.17, 15) is 0 Å². The number of benzene rings is 1.